The van der Waals surface area contributed by atoms with Gasteiger partial charge in [0.25, 0.3) is 0 Å². The lowest BCUT2D eigenvalue weighted by molar-refractivity contribution is -0.143. The van der Waals surface area contributed by atoms with Crippen LogP contribution >= 0.6 is 11.8 Å². The van der Waals surface area contributed by atoms with Crippen LogP contribution in [0.5, 0.6) is 0 Å². The Labute approximate surface area is 94.0 Å². The van der Waals surface area contributed by atoms with E-state index in [1.807, 2.05) is 17.0 Å². The summed E-state index contributed by atoms with van der Waals surface area (Å²) in [6.07, 6.45) is 8.64. The predicted octanol–water partition coefficient (Wildman–Crippen LogP) is 1.57. The molecule has 0 aliphatic rings. The van der Waals surface area contributed by atoms with Gasteiger partial charge in [-0.2, -0.15) is 11.8 Å². The zero-order valence-electron chi connectivity index (χ0n) is 8.89. The fraction of sp³-hybridized carbons (Fsp3) is 0.600. The number of esters is 1. The summed E-state index contributed by atoms with van der Waals surface area (Å²) in [4.78, 5) is 15.1. The molecule has 0 amide bonds. The number of imidazole rings is 1. The first-order valence-electron chi connectivity index (χ1n) is 4.93. The van der Waals surface area contributed by atoms with E-state index in [-0.39, 0.29) is 5.97 Å². The van der Waals surface area contributed by atoms with Gasteiger partial charge in [0.1, 0.15) is 6.61 Å². The van der Waals surface area contributed by atoms with Gasteiger partial charge in [-0.3, -0.25) is 4.79 Å². The SMILES string of the molecule is CSCCOC(=O)CCCn1ccnc1. The lowest BCUT2D eigenvalue weighted by atomic mass is 10.3. The largest absolute Gasteiger partial charge is 0.465 e. The fourth-order valence-electron chi connectivity index (χ4n) is 1.14. The van der Waals surface area contributed by atoms with Crippen molar-refractivity contribution >= 4 is 17.7 Å². The highest BCUT2D eigenvalue weighted by atomic mass is 32.2. The molecule has 0 aliphatic carbocycles. The van der Waals surface area contributed by atoms with E-state index in [2.05, 4.69) is 4.98 Å². The van der Waals surface area contributed by atoms with Crippen LogP contribution < -0.4 is 0 Å². The van der Waals surface area contributed by atoms with Crippen molar-refractivity contribution in [1.82, 2.24) is 9.55 Å². The molecular formula is C10H16N2O2S. The molecule has 4 nitrogen and oxygen atoms in total. The van der Waals surface area contributed by atoms with Crippen LogP contribution in [0.4, 0.5) is 0 Å². The average molecular weight is 228 g/mol. The Balaban J connectivity index is 2.02. The highest BCUT2D eigenvalue weighted by Gasteiger charge is 2.01. The number of ether oxygens (including phenoxy) is 1. The molecule has 1 aromatic rings. The molecule has 0 atom stereocenters. The molecule has 0 saturated heterocycles. The number of hydrogen-bond acceptors (Lipinski definition) is 4. The minimum atomic E-state index is -0.107. The second kappa shape index (κ2) is 7.34. The summed E-state index contributed by atoms with van der Waals surface area (Å²) >= 11 is 1.68. The van der Waals surface area contributed by atoms with E-state index in [0.29, 0.717) is 13.0 Å². The summed E-state index contributed by atoms with van der Waals surface area (Å²) < 4.78 is 6.97. The first-order valence-corrected chi connectivity index (χ1v) is 6.32. The number of carbonyl (C=O) groups excluding carboxylic acids is 1. The molecule has 1 aromatic heterocycles. The molecule has 0 spiro atoms. The maximum Gasteiger partial charge on any atom is 0.305 e. The number of aromatic nitrogens is 2. The Kier molecular flexibility index (Phi) is 5.92. The minimum absolute atomic E-state index is 0.107. The van der Waals surface area contributed by atoms with Crippen LogP contribution in [0.2, 0.25) is 0 Å². The normalized spacial score (nSPS) is 10.2. The molecule has 1 heterocycles. The Bertz CT molecular complexity index is 275. The van der Waals surface area contributed by atoms with E-state index in [1.54, 1.807) is 24.3 Å². The number of nitrogens with zero attached hydrogens (tertiary/aromatic N) is 2. The van der Waals surface area contributed by atoms with Gasteiger partial charge in [-0.1, -0.05) is 0 Å². The maximum absolute atomic E-state index is 11.2. The molecule has 1 rings (SSSR count). The molecule has 0 radical (unpaired) electrons. The zero-order chi connectivity index (χ0) is 10.9. The molecule has 15 heavy (non-hydrogen) atoms. The summed E-state index contributed by atoms with van der Waals surface area (Å²) in [5, 5.41) is 0. The molecule has 84 valence electrons. The molecule has 0 saturated carbocycles. The first-order chi connectivity index (χ1) is 7.33. The number of thioether (sulfide) groups is 1. The lowest BCUT2D eigenvalue weighted by Gasteiger charge is -2.03. The third-order valence-electron chi connectivity index (χ3n) is 1.91. The minimum Gasteiger partial charge on any atom is -0.465 e. The third kappa shape index (κ3) is 5.47. The summed E-state index contributed by atoms with van der Waals surface area (Å²) in [5.74, 6) is 0.761. The average Bonchev–Trinajstić information content (AvgIpc) is 2.71. The zero-order valence-corrected chi connectivity index (χ0v) is 9.70. The van der Waals surface area contributed by atoms with Gasteiger partial charge < -0.3 is 9.30 Å². The van der Waals surface area contributed by atoms with Gasteiger partial charge in [0.15, 0.2) is 0 Å². The second-order valence-corrected chi connectivity index (χ2v) is 4.10. The molecule has 0 fully saturated rings. The van der Waals surface area contributed by atoms with Gasteiger partial charge in [0.2, 0.25) is 0 Å². The van der Waals surface area contributed by atoms with Crippen molar-refractivity contribution in [3.8, 4) is 0 Å². The summed E-state index contributed by atoms with van der Waals surface area (Å²) in [6, 6.07) is 0. The Morgan fingerprint density at radius 3 is 3.13 bits per heavy atom. The van der Waals surface area contributed by atoms with Gasteiger partial charge in [-0.05, 0) is 12.7 Å². The van der Waals surface area contributed by atoms with Gasteiger partial charge in [0.05, 0.1) is 6.33 Å². The topological polar surface area (TPSA) is 44.1 Å². The molecule has 0 unspecified atom stereocenters. The smallest absolute Gasteiger partial charge is 0.305 e. The van der Waals surface area contributed by atoms with Crippen LogP contribution in [0.3, 0.4) is 0 Å². The number of hydrogen-bond donors (Lipinski definition) is 0. The van der Waals surface area contributed by atoms with Gasteiger partial charge >= 0.3 is 5.97 Å². The summed E-state index contributed by atoms with van der Waals surface area (Å²) in [6.45, 7) is 1.34. The summed E-state index contributed by atoms with van der Waals surface area (Å²) in [5.41, 5.74) is 0. The molecule has 0 aromatic carbocycles. The van der Waals surface area contributed by atoms with Crippen molar-refractivity contribution in [1.29, 1.82) is 0 Å². The second-order valence-electron chi connectivity index (χ2n) is 3.12. The van der Waals surface area contributed by atoms with Crippen LogP contribution in [-0.2, 0) is 16.1 Å². The first kappa shape index (κ1) is 12.1. The van der Waals surface area contributed by atoms with E-state index in [9.17, 15) is 4.79 Å². The van der Waals surface area contributed by atoms with Gasteiger partial charge in [0, 0.05) is 31.1 Å². The summed E-state index contributed by atoms with van der Waals surface area (Å²) in [7, 11) is 0. The number of rotatable bonds is 7. The Morgan fingerprint density at radius 2 is 2.47 bits per heavy atom. The molecule has 0 N–H and O–H groups in total. The van der Waals surface area contributed by atoms with E-state index in [0.717, 1.165) is 18.7 Å². The van der Waals surface area contributed by atoms with E-state index in [1.165, 1.54) is 0 Å². The standard InChI is InChI=1S/C10H16N2O2S/c1-15-8-7-14-10(13)3-2-5-12-6-4-11-9-12/h4,6,9H,2-3,5,7-8H2,1H3. The molecule has 0 bridgehead atoms. The molecular weight excluding hydrogens is 212 g/mol. The number of carbonyl (C=O) groups is 1. The van der Waals surface area contributed by atoms with Crippen LogP contribution in [-0.4, -0.2) is 34.1 Å². The Hall–Kier alpha value is -0.970. The van der Waals surface area contributed by atoms with Crippen molar-refractivity contribution in [2.75, 3.05) is 18.6 Å². The van der Waals surface area contributed by atoms with Crippen LogP contribution in [0.1, 0.15) is 12.8 Å². The van der Waals surface area contributed by atoms with Crippen molar-refractivity contribution in [2.24, 2.45) is 0 Å². The van der Waals surface area contributed by atoms with Crippen LogP contribution in [0, 0.1) is 0 Å². The van der Waals surface area contributed by atoms with Crippen LogP contribution in [0.25, 0.3) is 0 Å². The third-order valence-corrected chi connectivity index (χ3v) is 2.48. The van der Waals surface area contributed by atoms with Gasteiger partial charge in [-0.25, -0.2) is 4.98 Å². The lowest BCUT2D eigenvalue weighted by Crippen LogP contribution is -2.08. The van der Waals surface area contributed by atoms with E-state index >= 15 is 0 Å². The van der Waals surface area contributed by atoms with Crippen LogP contribution in [0.15, 0.2) is 18.7 Å². The fourth-order valence-corrected chi connectivity index (χ4v) is 1.39. The molecule has 0 aliphatic heterocycles. The number of aryl methyl sites for hydroxylation is 1. The quantitative estimate of drug-likeness (QED) is 0.525. The van der Waals surface area contributed by atoms with E-state index < -0.39 is 0 Å². The predicted molar refractivity (Wildman–Crippen MR) is 60.8 cm³/mol. The highest BCUT2D eigenvalue weighted by Crippen LogP contribution is 1.98. The van der Waals surface area contributed by atoms with Crippen molar-refractivity contribution < 1.29 is 9.53 Å². The van der Waals surface area contributed by atoms with Crippen molar-refractivity contribution in [2.45, 2.75) is 19.4 Å². The van der Waals surface area contributed by atoms with Gasteiger partial charge in [-0.15, -0.1) is 0 Å². The maximum atomic E-state index is 11.2. The van der Waals surface area contributed by atoms with E-state index in [4.69, 9.17) is 4.74 Å². The molecule has 5 heteroatoms. The van der Waals surface area contributed by atoms with Crippen molar-refractivity contribution in [3.63, 3.8) is 0 Å². The Morgan fingerprint density at radius 1 is 1.60 bits per heavy atom. The monoisotopic (exact) mass is 228 g/mol. The highest BCUT2D eigenvalue weighted by molar-refractivity contribution is 7.98. The van der Waals surface area contributed by atoms with Crippen molar-refractivity contribution in [3.05, 3.63) is 18.7 Å².